The summed E-state index contributed by atoms with van der Waals surface area (Å²) in [5.41, 5.74) is 2.30. The Bertz CT molecular complexity index is 1310. The van der Waals surface area contributed by atoms with E-state index in [-0.39, 0.29) is 34.9 Å². The molecule has 0 saturated heterocycles. The van der Waals surface area contributed by atoms with Crippen LogP contribution < -0.4 is 10.6 Å². The van der Waals surface area contributed by atoms with Crippen molar-refractivity contribution in [2.24, 2.45) is 0 Å². The van der Waals surface area contributed by atoms with Gasteiger partial charge >= 0.3 is 5.97 Å². The summed E-state index contributed by atoms with van der Waals surface area (Å²) >= 11 is 0. The molecule has 1 unspecified atom stereocenters. The number of nitrogens with zero attached hydrogens (tertiary/aromatic N) is 1. The molecule has 1 heterocycles. The van der Waals surface area contributed by atoms with E-state index in [1.165, 1.54) is 23.8 Å². The minimum Gasteiger partial charge on any atom is -0.480 e. The van der Waals surface area contributed by atoms with Gasteiger partial charge in [0, 0.05) is 6.54 Å². The molecule has 9 heteroatoms. The molecule has 3 aromatic rings. The van der Waals surface area contributed by atoms with E-state index in [0.29, 0.717) is 0 Å². The van der Waals surface area contributed by atoms with Crippen LogP contribution in [0.25, 0.3) is 0 Å². The molecule has 0 amide bonds. The van der Waals surface area contributed by atoms with Crippen molar-refractivity contribution in [2.75, 3.05) is 11.9 Å². The van der Waals surface area contributed by atoms with Gasteiger partial charge in [0.15, 0.2) is 15.2 Å². The average molecular weight is 528 g/mol. The van der Waals surface area contributed by atoms with Crippen LogP contribution in [0.5, 0.6) is 0 Å². The van der Waals surface area contributed by atoms with E-state index >= 15 is 0 Å². The summed E-state index contributed by atoms with van der Waals surface area (Å²) in [6.45, 7) is 6.46. The van der Waals surface area contributed by atoms with E-state index in [1.807, 2.05) is 12.1 Å². The van der Waals surface area contributed by atoms with Gasteiger partial charge in [-0.3, -0.25) is 10.1 Å². The van der Waals surface area contributed by atoms with Gasteiger partial charge in [-0.1, -0.05) is 70.0 Å². The maximum atomic E-state index is 13.9. The standard InChI is InChI=1S/C28H34FN3O4S/c1-4-5-16-28(2,3)21-14-12-20(13-15-21)18-31-27(37(35,36)23-9-6-8-22(29)17-23)24-10-7-11-25(32-24)30-19-26(33)34/h6-15,17,27,31H,4-5,16,18-19H2,1-3H3,(H,30,32)(H,33,34). The number of anilines is 1. The third kappa shape index (κ3) is 7.60. The number of hydrogen-bond donors (Lipinski definition) is 3. The molecular weight excluding hydrogens is 493 g/mol. The third-order valence-electron chi connectivity index (χ3n) is 6.28. The molecule has 0 fully saturated rings. The Hall–Kier alpha value is -3.30. The van der Waals surface area contributed by atoms with E-state index in [2.05, 4.69) is 48.5 Å². The Morgan fingerprint density at radius 2 is 1.78 bits per heavy atom. The molecule has 0 radical (unpaired) electrons. The number of aliphatic carboxylic acids is 1. The van der Waals surface area contributed by atoms with Crippen LogP contribution >= 0.6 is 0 Å². The maximum absolute atomic E-state index is 13.9. The predicted octanol–water partition coefficient (Wildman–Crippen LogP) is 5.45. The predicted molar refractivity (Wildman–Crippen MR) is 143 cm³/mol. The summed E-state index contributed by atoms with van der Waals surface area (Å²) in [7, 11) is -4.09. The Morgan fingerprint density at radius 3 is 2.43 bits per heavy atom. The molecule has 3 rings (SSSR count). The van der Waals surface area contributed by atoms with Gasteiger partial charge in [0.25, 0.3) is 0 Å². The quantitative estimate of drug-likeness (QED) is 0.271. The maximum Gasteiger partial charge on any atom is 0.322 e. The Kier molecular flexibility index (Phi) is 9.39. The highest BCUT2D eigenvalue weighted by atomic mass is 32.2. The van der Waals surface area contributed by atoms with Crippen molar-refractivity contribution in [3.8, 4) is 0 Å². The van der Waals surface area contributed by atoms with Crippen LogP contribution in [0.15, 0.2) is 71.6 Å². The summed E-state index contributed by atoms with van der Waals surface area (Å²) in [5, 5.41) is 13.4. The number of hydrogen-bond acceptors (Lipinski definition) is 6. The van der Waals surface area contributed by atoms with Gasteiger partial charge in [-0.2, -0.15) is 0 Å². The van der Waals surface area contributed by atoms with E-state index in [4.69, 9.17) is 5.11 Å². The molecular formula is C28H34FN3O4S. The van der Waals surface area contributed by atoms with Crippen molar-refractivity contribution >= 4 is 21.6 Å². The first-order valence-corrected chi connectivity index (χ1v) is 13.8. The number of halogens is 1. The van der Waals surface area contributed by atoms with Crippen molar-refractivity contribution in [1.29, 1.82) is 0 Å². The van der Waals surface area contributed by atoms with Gasteiger partial charge in [-0.15, -0.1) is 0 Å². The Labute approximate surface area is 218 Å². The van der Waals surface area contributed by atoms with E-state index in [0.717, 1.165) is 30.9 Å². The molecule has 0 aliphatic carbocycles. The lowest BCUT2D eigenvalue weighted by Gasteiger charge is -2.25. The zero-order chi connectivity index (χ0) is 27.1. The lowest BCUT2D eigenvalue weighted by Crippen LogP contribution is -2.30. The number of carbonyl (C=O) groups is 1. The smallest absolute Gasteiger partial charge is 0.322 e. The van der Waals surface area contributed by atoms with Crippen LogP contribution in [-0.2, 0) is 26.6 Å². The number of benzene rings is 2. The minimum atomic E-state index is -4.09. The van der Waals surface area contributed by atoms with Crippen molar-refractivity contribution in [1.82, 2.24) is 10.3 Å². The van der Waals surface area contributed by atoms with Crippen molar-refractivity contribution < 1.29 is 22.7 Å². The fraction of sp³-hybridized carbons (Fsp3) is 0.357. The van der Waals surface area contributed by atoms with E-state index in [1.54, 1.807) is 18.2 Å². The Morgan fingerprint density at radius 1 is 1.08 bits per heavy atom. The van der Waals surface area contributed by atoms with Crippen molar-refractivity contribution in [3.63, 3.8) is 0 Å². The van der Waals surface area contributed by atoms with Crippen molar-refractivity contribution in [3.05, 3.63) is 89.4 Å². The molecule has 198 valence electrons. The Balaban J connectivity index is 1.89. The highest BCUT2D eigenvalue weighted by Gasteiger charge is 2.31. The summed E-state index contributed by atoms with van der Waals surface area (Å²) in [6, 6.07) is 17.6. The van der Waals surface area contributed by atoms with Crippen LogP contribution in [0.3, 0.4) is 0 Å². The molecule has 37 heavy (non-hydrogen) atoms. The molecule has 0 bridgehead atoms. The van der Waals surface area contributed by atoms with Crippen LogP contribution in [0.1, 0.15) is 62.2 Å². The second-order valence-corrected chi connectivity index (χ2v) is 11.7. The monoisotopic (exact) mass is 527 g/mol. The number of carboxylic acids is 1. The largest absolute Gasteiger partial charge is 0.480 e. The second kappa shape index (κ2) is 12.3. The minimum absolute atomic E-state index is 0.0402. The highest BCUT2D eigenvalue weighted by Crippen LogP contribution is 2.30. The SMILES string of the molecule is CCCCC(C)(C)c1ccc(CNC(c2cccc(NCC(=O)O)n2)S(=O)(=O)c2cccc(F)c2)cc1. The first-order valence-electron chi connectivity index (χ1n) is 12.3. The number of rotatable bonds is 13. The molecule has 2 aromatic carbocycles. The van der Waals surface area contributed by atoms with Crippen LogP contribution in [0.4, 0.5) is 10.2 Å². The first-order chi connectivity index (χ1) is 17.5. The number of carboxylic acid groups (broad SMARTS) is 1. The normalized spacial score (nSPS) is 12.8. The van der Waals surface area contributed by atoms with E-state index in [9.17, 15) is 17.6 Å². The van der Waals surface area contributed by atoms with Gasteiger partial charge in [0.2, 0.25) is 0 Å². The summed E-state index contributed by atoms with van der Waals surface area (Å²) in [5.74, 6) is -1.51. The second-order valence-electron chi connectivity index (χ2n) is 9.64. The van der Waals surface area contributed by atoms with Crippen LogP contribution in [0, 0.1) is 5.82 Å². The fourth-order valence-electron chi connectivity index (χ4n) is 4.06. The summed E-state index contributed by atoms with van der Waals surface area (Å²) in [4.78, 5) is 15.1. The fourth-order valence-corrected chi connectivity index (χ4v) is 5.63. The summed E-state index contributed by atoms with van der Waals surface area (Å²) < 4.78 is 41.1. The van der Waals surface area contributed by atoms with Crippen LogP contribution in [-0.4, -0.2) is 31.0 Å². The summed E-state index contributed by atoms with van der Waals surface area (Å²) in [6.07, 6.45) is 3.35. The first kappa shape index (κ1) is 28.3. The highest BCUT2D eigenvalue weighted by molar-refractivity contribution is 7.91. The van der Waals surface area contributed by atoms with Gasteiger partial charge in [0.1, 0.15) is 18.2 Å². The average Bonchev–Trinajstić information content (AvgIpc) is 2.87. The van der Waals surface area contributed by atoms with Gasteiger partial charge < -0.3 is 10.4 Å². The topological polar surface area (TPSA) is 108 Å². The number of sulfone groups is 1. The van der Waals surface area contributed by atoms with E-state index < -0.39 is 27.0 Å². The third-order valence-corrected chi connectivity index (χ3v) is 8.22. The van der Waals surface area contributed by atoms with Crippen molar-refractivity contribution in [2.45, 2.75) is 62.3 Å². The number of unbranched alkanes of at least 4 members (excludes halogenated alkanes) is 1. The molecule has 3 N–H and O–H groups in total. The molecule has 0 aliphatic rings. The zero-order valence-corrected chi connectivity index (χ0v) is 22.2. The van der Waals surface area contributed by atoms with Gasteiger partial charge in [-0.25, -0.2) is 17.8 Å². The zero-order valence-electron chi connectivity index (χ0n) is 21.4. The molecule has 0 aliphatic heterocycles. The van der Waals surface area contributed by atoms with Crippen LogP contribution in [0.2, 0.25) is 0 Å². The number of aromatic nitrogens is 1. The molecule has 0 saturated carbocycles. The molecule has 1 atom stereocenters. The molecule has 1 aromatic heterocycles. The number of pyridine rings is 1. The lowest BCUT2D eigenvalue weighted by molar-refractivity contribution is -0.134. The number of nitrogens with one attached hydrogen (secondary N) is 2. The molecule has 7 nitrogen and oxygen atoms in total. The molecule has 0 spiro atoms. The van der Waals surface area contributed by atoms with Gasteiger partial charge in [-0.05, 0) is 53.3 Å². The lowest BCUT2D eigenvalue weighted by atomic mass is 9.80. The van der Waals surface area contributed by atoms with Gasteiger partial charge in [0.05, 0.1) is 10.6 Å².